The zero-order valence-electron chi connectivity index (χ0n) is 20.2. The molecule has 1 fully saturated rings. The zero-order chi connectivity index (χ0) is 25.4. The Morgan fingerprint density at radius 1 is 1.05 bits per heavy atom. The van der Waals surface area contributed by atoms with Crippen molar-refractivity contribution in [3.63, 3.8) is 0 Å². The second kappa shape index (κ2) is 9.58. The van der Waals surface area contributed by atoms with Gasteiger partial charge in [0.1, 0.15) is 33.5 Å². The molecular weight excluding hydrogens is 492 g/mol. The molecule has 0 aliphatic carbocycles. The molecule has 10 nitrogen and oxygen atoms in total. The summed E-state index contributed by atoms with van der Waals surface area (Å²) in [7, 11) is 0. The van der Waals surface area contributed by atoms with Crippen LogP contribution in [0.15, 0.2) is 57.7 Å². The van der Waals surface area contributed by atoms with Crippen molar-refractivity contribution in [1.82, 2.24) is 30.2 Å². The van der Waals surface area contributed by atoms with Gasteiger partial charge in [-0.3, -0.25) is 4.79 Å². The van der Waals surface area contributed by atoms with Crippen LogP contribution in [0.1, 0.15) is 29.3 Å². The van der Waals surface area contributed by atoms with E-state index in [4.69, 9.17) is 13.7 Å². The molecule has 6 rings (SSSR count). The molecule has 1 saturated heterocycles. The van der Waals surface area contributed by atoms with Gasteiger partial charge in [0.15, 0.2) is 5.89 Å². The molecule has 0 radical (unpaired) electrons. The lowest BCUT2D eigenvalue weighted by Crippen LogP contribution is -2.24. The summed E-state index contributed by atoms with van der Waals surface area (Å²) in [6.07, 6.45) is 2.93. The number of rotatable bonds is 7. The predicted octanol–water partition coefficient (Wildman–Crippen LogP) is 5.44. The number of aromatic nitrogens is 5. The Labute approximate surface area is 215 Å². The van der Waals surface area contributed by atoms with Crippen LogP contribution in [0.25, 0.3) is 33.5 Å². The van der Waals surface area contributed by atoms with E-state index in [9.17, 15) is 4.79 Å². The minimum absolute atomic E-state index is 0.149. The van der Waals surface area contributed by atoms with Gasteiger partial charge < -0.3 is 18.6 Å². The number of hydrogen-bond acceptors (Lipinski definition) is 10. The topological polar surface area (TPSA) is 120 Å². The maximum absolute atomic E-state index is 12.3. The molecule has 37 heavy (non-hydrogen) atoms. The number of ether oxygens (including phenoxy) is 1. The standard InChI is InChI=1S/C26H22N6O4S/c1-15-27-21(14-34-15)24-28-25(36-31-24)18-5-6-19(13-32-11-3-4-23(32)33)22(12-18)35-20-9-7-17(8-10-20)26-30-29-16(2)37-26/h5-10,12,14H,3-4,11,13H2,1-2H3. The van der Waals surface area contributed by atoms with Crippen LogP contribution in [0, 0.1) is 13.8 Å². The van der Waals surface area contributed by atoms with Gasteiger partial charge in [-0.2, -0.15) is 4.98 Å². The Kier molecular flexibility index (Phi) is 5.97. The van der Waals surface area contributed by atoms with E-state index in [0.717, 1.165) is 34.1 Å². The molecule has 1 aliphatic heterocycles. The Bertz CT molecular complexity index is 1570. The maximum Gasteiger partial charge on any atom is 0.258 e. The van der Waals surface area contributed by atoms with Gasteiger partial charge in [0.25, 0.3) is 5.89 Å². The molecule has 0 bridgehead atoms. The van der Waals surface area contributed by atoms with E-state index in [1.54, 1.807) is 6.92 Å². The SMILES string of the molecule is Cc1nc(-c2noc(-c3ccc(CN4CCCC4=O)c(Oc4ccc(-c5nnc(C)s5)cc4)c3)n2)co1. The van der Waals surface area contributed by atoms with Crippen molar-refractivity contribution in [3.8, 4) is 45.0 Å². The monoisotopic (exact) mass is 514 g/mol. The van der Waals surface area contributed by atoms with Crippen LogP contribution < -0.4 is 4.74 Å². The lowest BCUT2D eigenvalue weighted by Gasteiger charge is -2.19. The molecular formula is C26H22N6O4S. The Balaban J connectivity index is 1.31. The van der Waals surface area contributed by atoms with Crippen molar-refractivity contribution in [2.45, 2.75) is 33.2 Å². The molecule has 0 saturated carbocycles. The van der Waals surface area contributed by atoms with Gasteiger partial charge >= 0.3 is 0 Å². The average molecular weight is 515 g/mol. The summed E-state index contributed by atoms with van der Waals surface area (Å²) >= 11 is 1.54. The van der Waals surface area contributed by atoms with Gasteiger partial charge in [-0.25, -0.2) is 4.98 Å². The molecule has 11 heteroatoms. The Hall–Kier alpha value is -4.38. The quantitative estimate of drug-likeness (QED) is 0.279. The average Bonchev–Trinajstić information content (AvgIpc) is 3.70. The van der Waals surface area contributed by atoms with Gasteiger partial charge in [0.2, 0.25) is 11.7 Å². The van der Waals surface area contributed by atoms with E-state index >= 15 is 0 Å². The first-order valence-corrected chi connectivity index (χ1v) is 12.6. The lowest BCUT2D eigenvalue weighted by molar-refractivity contribution is -0.128. The molecule has 5 aromatic rings. The molecule has 1 aliphatic rings. The maximum atomic E-state index is 12.3. The Morgan fingerprint density at radius 2 is 1.89 bits per heavy atom. The van der Waals surface area contributed by atoms with Crippen LogP contribution in [0.5, 0.6) is 11.5 Å². The highest BCUT2D eigenvalue weighted by Crippen LogP contribution is 2.34. The summed E-state index contributed by atoms with van der Waals surface area (Å²) in [6.45, 7) is 4.88. The van der Waals surface area contributed by atoms with E-state index < -0.39 is 0 Å². The summed E-state index contributed by atoms with van der Waals surface area (Å²) in [4.78, 5) is 22.8. The van der Waals surface area contributed by atoms with Gasteiger partial charge in [0.05, 0.1) is 0 Å². The fourth-order valence-corrected chi connectivity index (χ4v) is 4.80. The third kappa shape index (κ3) is 4.85. The summed E-state index contributed by atoms with van der Waals surface area (Å²) in [5.41, 5.74) is 3.04. The Morgan fingerprint density at radius 3 is 2.59 bits per heavy atom. The van der Waals surface area contributed by atoms with Crippen LogP contribution in [0.4, 0.5) is 0 Å². The molecule has 0 unspecified atom stereocenters. The third-order valence-electron chi connectivity index (χ3n) is 5.98. The van der Waals surface area contributed by atoms with Crippen LogP contribution in [0.2, 0.25) is 0 Å². The number of carbonyl (C=O) groups excluding carboxylic acids is 1. The molecule has 0 N–H and O–H groups in total. The first-order chi connectivity index (χ1) is 18.0. The van der Waals surface area contributed by atoms with Crippen LogP contribution >= 0.6 is 11.3 Å². The zero-order valence-corrected chi connectivity index (χ0v) is 21.0. The highest BCUT2D eigenvalue weighted by molar-refractivity contribution is 7.14. The largest absolute Gasteiger partial charge is 0.457 e. The van der Waals surface area contributed by atoms with Gasteiger partial charge in [-0.05, 0) is 49.7 Å². The lowest BCUT2D eigenvalue weighted by atomic mass is 10.1. The predicted molar refractivity (Wildman–Crippen MR) is 135 cm³/mol. The van der Waals surface area contributed by atoms with Crippen LogP contribution in [-0.4, -0.2) is 42.7 Å². The van der Waals surface area contributed by atoms with Crippen molar-refractivity contribution in [2.75, 3.05) is 6.54 Å². The second-order valence-corrected chi connectivity index (χ2v) is 9.85. The summed E-state index contributed by atoms with van der Waals surface area (Å²) in [5, 5.41) is 14.1. The first kappa shape index (κ1) is 23.0. The number of oxazole rings is 1. The molecule has 1 amide bonds. The number of nitrogens with zero attached hydrogens (tertiary/aromatic N) is 6. The third-order valence-corrected chi connectivity index (χ3v) is 6.86. The van der Waals surface area contributed by atoms with Crippen LogP contribution in [-0.2, 0) is 11.3 Å². The number of hydrogen-bond donors (Lipinski definition) is 0. The second-order valence-electron chi connectivity index (χ2n) is 8.67. The van der Waals surface area contributed by atoms with Crippen LogP contribution in [0.3, 0.4) is 0 Å². The minimum atomic E-state index is 0.149. The highest BCUT2D eigenvalue weighted by Gasteiger charge is 2.23. The fourth-order valence-electron chi connectivity index (χ4n) is 4.11. The normalized spacial score (nSPS) is 13.5. The van der Waals surface area contributed by atoms with Crippen molar-refractivity contribution >= 4 is 17.2 Å². The minimum Gasteiger partial charge on any atom is -0.457 e. The summed E-state index contributed by atoms with van der Waals surface area (Å²) in [6, 6.07) is 13.3. The molecule has 0 spiro atoms. The van der Waals surface area contributed by atoms with Gasteiger partial charge in [-0.1, -0.05) is 22.6 Å². The van der Waals surface area contributed by atoms with E-state index in [0.29, 0.717) is 53.3 Å². The van der Waals surface area contributed by atoms with Crippen molar-refractivity contribution in [1.29, 1.82) is 0 Å². The van der Waals surface area contributed by atoms with Gasteiger partial charge in [0, 0.05) is 43.1 Å². The number of likely N-dealkylation sites (tertiary alicyclic amines) is 1. The number of amides is 1. The smallest absolute Gasteiger partial charge is 0.258 e. The fraction of sp³-hybridized carbons (Fsp3) is 0.231. The number of carbonyl (C=O) groups is 1. The van der Waals surface area contributed by atoms with E-state index in [-0.39, 0.29) is 5.91 Å². The van der Waals surface area contributed by atoms with E-state index in [2.05, 4.69) is 25.3 Å². The number of benzene rings is 2. The van der Waals surface area contributed by atoms with Crippen molar-refractivity contribution in [2.24, 2.45) is 0 Å². The molecule has 186 valence electrons. The molecule has 3 aromatic heterocycles. The summed E-state index contributed by atoms with van der Waals surface area (Å²) in [5.74, 6) is 2.59. The number of aryl methyl sites for hydroxylation is 2. The van der Waals surface area contributed by atoms with E-state index in [1.165, 1.54) is 17.6 Å². The first-order valence-electron chi connectivity index (χ1n) is 11.8. The molecule has 0 atom stereocenters. The van der Waals surface area contributed by atoms with E-state index in [1.807, 2.05) is 54.3 Å². The summed E-state index contributed by atoms with van der Waals surface area (Å²) < 4.78 is 17.1. The molecule has 4 heterocycles. The highest BCUT2D eigenvalue weighted by atomic mass is 32.1. The van der Waals surface area contributed by atoms with Gasteiger partial charge in [-0.15, -0.1) is 10.2 Å². The molecule has 2 aromatic carbocycles. The van der Waals surface area contributed by atoms with Crippen molar-refractivity contribution in [3.05, 3.63) is 65.2 Å². The van der Waals surface area contributed by atoms with Crippen molar-refractivity contribution < 1.29 is 18.5 Å².